The summed E-state index contributed by atoms with van der Waals surface area (Å²) in [6.45, 7) is 2.61. The lowest BCUT2D eigenvalue weighted by molar-refractivity contribution is -0.145. The highest BCUT2D eigenvalue weighted by Crippen LogP contribution is 2.19. The van der Waals surface area contributed by atoms with E-state index in [0.29, 0.717) is 6.42 Å². The van der Waals surface area contributed by atoms with Crippen molar-refractivity contribution in [2.45, 2.75) is 57.3 Å². The minimum Gasteiger partial charge on any atom is -0.481 e. The molecule has 0 aliphatic carbocycles. The van der Waals surface area contributed by atoms with Gasteiger partial charge in [-0.05, 0) is 18.8 Å². The molecule has 0 radical (unpaired) electrons. The van der Waals surface area contributed by atoms with Crippen molar-refractivity contribution in [3.05, 3.63) is 0 Å². The van der Waals surface area contributed by atoms with Crippen LogP contribution < -0.4 is 16.4 Å². The van der Waals surface area contributed by atoms with E-state index in [-0.39, 0.29) is 13.0 Å². The molecule has 1 aliphatic rings. The van der Waals surface area contributed by atoms with E-state index in [4.69, 9.17) is 15.9 Å². The van der Waals surface area contributed by atoms with Gasteiger partial charge in [0.15, 0.2) is 0 Å². The van der Waals surface area contributed by atoms with Gasteiger partial charge in [-0.3, -0.25) is 19.2 Å². The van der Waals surface area contributed by atoms with Crippen molar-refractivity contribution in [1.82, 2.24) is 15.5 Å². The summed E-state index contributed by atoms with van der Waals surface area (Å²) in [6, 6.07) is -4.88. The number of rotatable bonds is 10. The number of nitrogens with one attached hydrogen (secondary N) is 2. The van der Waals surface area contributed by atoms with Gasteiger partial charge in [0.05, 0.1) is 19.1 Å². The summed E-state index contributed by atoms with van der Waals surface area (Å²) < 4.78 is 0. The Balaban J connectivity index is 2.80. The number of carbonyl (C=O) groups excluding carboxylic acids is 3. The number of aliphatic carboxylic acids is 2. The predicted octanol–water partition coefficient (Wildman–Crippen LogP) is -2.52. The van der Waals surface area contributed by atoms with Gasteiger partial charge in [-0.15, -0.1) is 0 Å². The SMILES string of the molecule is CC(C)C(NC(=O)C(CO)NC(=O)C1CCCN1C(=O)C(N)CC(=O)O)C(=O)O. The largest absolute Gasteiger partial charge is 0.481 e. The molecule has 7 N–H and O–H groups in total. The zero-order valence-corrected chi connectivity index (χ0v) is 16.3. The first-order valence-electron chi connectivity index (χ1n) is 9.21. The molecule has 1 rings (SSSR count). The molecule has 1 saturated heterocycles. The molecular weight excluding hydrogens is 388 g/mol. The number of carboxylic acid groups (broad SMARTS) is 2. The van der Waals surface area contributed by atoms with E-state index in [1.165, 1.54) is 0 Å². The van der Waals surface area contributed by atoms with Crippen molar-refractivity contribution in [2.75, 3.05) is 13.2 Å². The third-order valence-corrected chi connectivity index (χ3v) is 4.60. The Morgan fingerprint density at radius 2 is 1.76 bits per heavy atom. The maximum Gasteiger partial charge on any atom is 0.326 e. The number of aliphatic hydroxyl groups excluding tert-OH is 1. The monoisotopic (exact) mass is 416 g/mol. The van der Waals surface area contributed by atoms with E-state index in [0.717, 1.165) is 4.90 Å². The van der Waals surface area contributed by atoms with Crippen molar-refractivity contribution in [2.24, 2.45) is 11.7 Å². The van der Waals surface area contributed by atoms with Crippen LogP contribution in [0.3, 0.4) is 0 Å². The lowest BCUT2D eigenvalue weighted by atomic mass is 10.0. The molecule has 0 aromatic rings. The number of amides is 3. The number of nitrogens with two attached hydrogens (primary N) is 1. The first-order chi connectivity index (χ1) is 13.5. The zero-order chi connectivity index (χ0) is 22.3. The van der Waals surface area contributed by atoms with Crippen LogP contribution in [0.5, 0.6) is 0 Å². The van der Waals surface area contributed by atoms with E-state index in [2.05, 4.69) is 10.6 Å². The Morgan fingerprint density at radius 1 is 1.14 bits per heavy atom. The number of aliphatic hydroxyl groups is 1. The molecule has 0 aromatic heterocycles. The second-order valence-corrected chi connectivity index (χ2v) is 7.21. The Bertz CT molecular complexity index is 653. The average Bonchev–Trinajstić information content (AvgIpc) is 3.11. The minimum absolute atomic E-state index is 0.203. The van der Waals surface area contributed by atoms with Gasteiger partial charge in [-0.25, -0.2) is 4.79 Å². The number of hydrogen-bond acceptors (Lipinski definition) is 7. The van der Waals surface area contributed by atoms with Crippen LogP contribution in [0.1, 0.15) is 33.1 Å². The molecule has 4 unspecified atom stereocenters. The van der Waals surface area contributed by atoms with Crippen molar-refractivity contribution < 1.29 is 39.3 Å². The molecule has 164 valence electrons. The van der Waals surface area contributed by atoms with Crippen LogP contribution in [0, 0.1) is 5.92 Å². The molecule has 0 aromatic carbocycles. The van der Waals surface area contributed by atoms with Crippen LogP contribution >= 0.6 is 0 Å². The summed E-state index contributed by atoms with van der Waals surface area (Å²) in [5.41, 5.74) is 5.58. The average molecular weight is 416 g/mol. The van der Waals surface area contributed by atoms with Gasteiger partial charge in [-0.2, -0.15) is 0 Å². The van der Waals surface area contributed by atoms with Gasteiger partial charge in [-0.1, -0.05) is 13.8 Å². The van der Waals surface area contributed by atoms with E-state index < -0.39 is 72.8 Å². The third-order valence-electron chi connectivity index (χ3n) is 4.60. The van der Waals surface area contributed by atoms with Crippen molar-refractivity contribution in [3.63, 3.8) is 0 Å². The minimum atomic E-state index is -1.41. The van der Waals surface area contributed by atoms with Crippen molar-refractivity contribution in [3.8, 4) is 0 Å². The first kappa shape index (κ1) is 24.3. The van der Waals surface area contributed by atoms with Crippen LogP contribution in [0.2, 0.25) is 0 Å². The van der Waals surface area contributed by atoms with Gasteiger partial charge in [0.1, 0.15) is 18.1 Å². The molecule has 29 heavy (non-hydrogen) atoms. The molecule has 0 bridgehead atoms. The molecule has 1 aliphatic heterocycles. The fourth-order valence-corrected chi connectivity index (χ4v) is 3.02. The van der Waals surface area contributed by atoms with Crippen LogP contribution in [0.4, 0.5) is 0 Å². The third kappa shape index (κ3) is 6.68. The molecule has 0 spiro atoms. The smallest absolute Gasteiger partial charge is 0.326 e. The van der Waals surface area contributed by atoms with E-state index in [1.807, 2.05) is 0 Å². The number of hydrogen-bond donors (Lipinski definition) is 6. The molecular formula is C17H28N4O8. The molecule has 12 heteroatoms. The fraction of sp³-hybridized carbons (Fsp3) is 0.706. The summed E-state index contributed by atoms with van der Waals surface area (Å²) in [7, 11) is 0. The standard InChI is InChI=1S/C17H28N4O8/c1-8(2)13(17(28)29)20-14(25)10(7-22)19-15(26)11-4-3-5-21(11)16(27)9(18)6-12(23)24/h8-11,13,22H,3-7,18H2,1-2H3,(H,19,26)(H,20,25)(H,23,24)(H,28,29). The van der Waals surface area contributed by atoms with Gasteiger partial charge < -0.3 is 36.6 Å². The molecule has 12 nitrogen and oxygen atoms in total. The number of carbonyl (C=O) groups is 5. The molecule has 1 fully saturated rings. The maximum atomic E-state index is 12.6. The van der Waals surface area contributed by atoms with E-state index in [1.54, 1.807) is 13.8 Å². The van der Waals surface area contributed by atoms with Gasteiger partial charge in [0.25, 0.3) is 0 Å². The highest BCUT2D eigenvalue weighted by Gasteiger charge is 2.38. The molecule has 0 saturated carbocycles. The fourth-order valence-electron chi connectivity index (χ4n) is 3.02. The summed E-state index contributed by atoms with van der Waals surface area (Å²) in [4.78, 5) is 60.3. The normalized spacial score (nSPS) is 19.3. The molecule has 3 amide bonds. The lowest BCUT2D eigenvalue weighted by Gasteiger charge is -2.28. The molecule has 4 atom stereocenters. The van der Waals surface area contributed by atoms with Crippen LogP contribution in [-0.2, 0) is 24.0 Å². The van der Waals surface area contributed by atoms with Crippen molar-refractivity contribution >= 4 is 29.7 Å². The molecule has 1 heterocycles. The second-order valence-electron chi connectivity index (χ2n) is 7.21. The quantitative estimate of drug-likeness (QED) is 0.222. The number of likely N-dealkylation sites (tertiary alicyclic amines) is 1. The van der Waals surface area contributed by atoms with E-state index >= 15 is 0 Å². The lowest BCUT2D eigenvalue weighted by Crippen LogP contribution is -2.58. The van der Waals surface area contributed by atoms with Gasteiger partial charge >= 0.3 is 11.9 Å². The van der Waals surface area contributed by atoms with Crippen LogP contribution in [0.15, 0.2) is 0 Å². The van der Waals surface area contributed by atoms with Crippen molar-refractivity contribution in [1.29, 1.82) is 0 Å². The maximum absolute atomic E-state index is 12.6. The zero-order valence-electron chi connectivity index (χ0n) is 16.3. The summed E-state index contributed by atoms with van der Waals surface area (Å²) >= 11 is 0. The first-order valence-corrected chi connectivity index (χ1v) is 9.21. The Kier molecular flexibility index (Phi) is 8.98. The van der Waals surface area contributed by atoms with Crippen LogP contribution in [0.25, 0.3) is 0 Å². The Labute approximate surface area is 167 Å². The van der Waals surface area contributed by atoms with Gasteiger partial charge in [0.2, 0.25) is 17.7 Å². The van der Waals surface area contributed by atoms with Crippen LogP contribution in [-0.4, -0.2) is 87.2 Å². The number of nitrogens with zero attached hydrogens (tertiary/aromatic N) is 1. The highest BCUT2D eigenvalue weighted by molar-refractivity contribution is 5.95. The topological polar surface area (TPSA) is 199 Å². The predicted molar refractivity (Wildman–Crippen MR) is 98.4 cm³/mol. The van der Waals surface area contributed by atoms with Gasteiger partial charge in [0, 0.05) is 6.54 Å². The summed E-state index contributed by atoms with van der Waals surface area (Å²) in [5.74, 6) is -5.21. The number of carboxylic acids is 2. The highest BCUT2D eigenvalue weighted by atomic mass is 16.4. The Hall–Kier alpha value is -2.73. The summed E-state index contributed by atoms with van der Waals surface area (Å²) in [6.07, 6.45) is 0.173. The Morgan fingerprint density at radius 3 is 2.24 bits per heavy atom. The summed E-state index contributed by atoms with van der Waals surface area (Å²) in [5, 5.41) is 31.9. The van der Waals surface area contributed by atoms with E-state index in [9.17, 15) is 29.1 Å². The second kappa shape index (κ2) is 10.7.